The Balaban J connectivity index is 1.36. The lowest BCUT2D eigenvalue weighted by atomic mass is 10.1. The van der Waals surface area contributed by atoms with Crippen molar-refractivity contribution in [3.63, 3.8) is 0 Å². The smallest absolute Gasteiger partial charge is 0.250 e. The monoisotopic (exact) mass is 377 g/mol. The van der Waals surface area contributed by atoms with Gasteiger partial charge in [-0.05, 0) is 48.9 Å². The summed E-state index contributed by atoms with van der Waals surface area (Å²) in [4.78, 5) is 15.1. The molecule has 6 heteroatoms. The molecule has 3 N–H and O–H groups in total. The van der Waals surface area contributed by atoms with E-state index >= 15 is 0 Å². The molecule has 144 valence electrons. The maximum absolute atomic E-state index is 11.0. The Morgan fingerprint density at radius 2 is 1.71 bits per heavy atom. The number of carbonyl (C=O) groups is 1. The van der Waals surface area contributed by atoms with Crippen LogP contribution in [0.5, 0.6) is 17.4 Å². The van der Waals surface area contributed by atoms with Crippen molar-refractivity contribution < 1.29 is 14.3 Å². The molecule has 0 radical (unpaired) electrons. The second-order valence-corrected chi connectivity index (χ2v) is 6.16. The van der Waals surface area contributed by atoms with Crippen LogP contribution in [0.4, 0.5) is 0 Å². The lowest BCUT2D eigenvalue weighted by molar-refractivity contribution is 0.1000. The van der Waals surface area contributed by atoms with Crippen LogP contribution in [0.15, 0.2) is 72.9 Å². The summed E-state index contributed by atoms with van der Waals surface area (Å²) in [7, 11) is 0. The molecule has 28 heavy (non-hydrogen) atoms. The molecule has 0 saturated heterocycles. The van der Waals surface area contributed by atoms with E-state index in [0.29, 0.717) is 23.8 Å². The zero-order chi connectivity index (χ0) is 19.6. The van der Waals surface area contributed by atoms with Crippen molar-refractivity contribution in [2.24, 2.45) is 5.73 Å². The Hall–Kier alpha value is -3.38. The fraction of sp³-hybridized carbons (Fsp3) is 0.182. The predicted octanol–water partition coefficient (Wildman–Crippen LogP) is 3.18. The molecule has 0 atom stereocenters. The molecule has 3 aromatic rings. The van der Waals surface area contributed by atoms with Crippen molar-refractivity contribution in [3.8, 4) is 17.4 Å². The molecule has 0 aliphatic carbocycles. The number of nitrogens with one attached hydrogen (secondary N) is 1. The molecular weight excluding hydrogens is 354 g/mol. The highest BCUT2D eigenvalue weighted by Gasteiger charge is 2.03. The average molecular weight is 377 g/mol. The lowest BCUT2D eigenvalue weighted by Gasteiger charge is -2.08. The lowest BCUT2D eigenvalue weighted by Crippen LogP contribution is -2.23. The maximum atomic E-state index is 11.0. The van der Waals surface area contributed by atoms with Crippen molar-refractivity contribution in [1.29, 1.82) is 0 Å². The predicted molar refractivity (Wildman–Crippen MR) is 108 cm³/mol. The summed E-state index contributed by atoms with van der Waals surface area (Å²) < 4.78 is 11.3. The molecule has 0 aliphatic rings. The van der Waals surface area contributed by atoms with Gasteiger partial charge in [-0.3, -0.25) is 4.79 Å². The van der Waals surface area contributed by atoms with Gasteiger partial charge in [0.2, 0.25) is 11.8 Å². The number of pyridine rings is 1. The fourth-order valence-electron chi connectivity index (χ4n) is 2.55. The highest BCUT2D eigenvalue weighted by Crippen LogP contribution is 2.20. The molecule has 1 aromatic heterocycles. The molecule has 0 spiro atoms. The minimum absolute atomic E-state index is 0.351. The summed E-state index contributed by atoms with van der Waals surface area (Å²) >= 11 is 0. The number of ether oxygens (including phenoxy) is 2. The second kappa shape index (κ2) is 10.1. The van der Waals surface area contributed by atoms with Crippen LogP contribution in [-0.4, -0.2) is 30.6 Å². The van der Waals surface area contributed by atoms with E-state index in [0.717, 1.165) is 25.3 Å². The third-order valence-corrected chi connectivity index (χ3v) is 4.05. The first-order chi connectivity index (χ1) is 13.7. The number of hydrogen-bond donors (Lipinski definition) is 2. The minimum Gasteiger partial charge on any atom is -0.492 e. The third-order valence-electron chi connectivity index (χ3n) is 4.05. The number of para-hydroxylation sites is 1. The van der Waals surface area contributed by atoms with Crippen molar-refractivity contribution in [3.05, 3.63) is 84.1 Å². The molecule has 1 amide bonds. The number of benzene rings is 2. The summed E-state index contributed by atoms with van der Waals surface area (Å²) in [6, 6.07) is 20.8. The number of nitrogens with two attached hydrogens (primary N) is 1. The molecule has 0 saturated carbocycles. The number of rotatable bonds is 10. The van der Waals surface area contributed by atoms with E-state index in [9.17, 15) is 4.79 Å². The first-order valence-corrected chi connectivity index (χ1v) is 9.12. The van der Waals surface area contributed by atoms with Crippen molar-refractivity contribution in [1.82, 2.24) is 10.3 Å². The van der Waals surface area contributed by atoms with Gasteiger partial charge in [0.15, 0.2) is 0 Å². The van der Waals surface area contributed by atoms with Gasteiger partial charge in [-0.2, -0.15) is 0 Å². The number of aromatic nitrogens is 1. The van der Waals surface area contributed by atoms with E-state index in [4.69, 9.17) is 15.2 Å². The molecule has 0 unspecified atom stereocenters. The number of amides is 1. The molecule has 0 aliphatic heterocycles. The zero-order valence-electron chi connectivity index (χ0n) is 15.5. The van der Waals surface area contributed by atoms with Gasteiger partial charge in [-0.15, -0.1) is 0 Å². The van der Waals surface area contributed by atoms with Gasteiger partial charge in [0, 0.05) is 18.8 Å². The SMILES string of the molecule is NC(=O)c1ccc(Oc2ccc(CCNCCOc3ccccc3)cc2)nc1. The zero-order valence-corrected chi connectivity index (χ0v) is 15.5. The Morgan fingerprint density at radius 1 is 0.929 bits per heavy atom. The van der Waals surface area contributed by atoms with E-state index in [1.165, 1.54) is 11.8 Å². The van der Waals surface area contributed by atoms with Crippen molar-refractivity contribution >= 4 is 5.91 Å². The van der Waals surface area contributed by atoms with Gasteiger partial charge in [0.1, 0.15) is 18.1 Å². The van der Waals surface area contributed by atoms with Gasteiger partial charge in [-0.1, -0.05) is 30.3 Å². The second-order valence-electron chi connectivity index (χ2n) is 6.16. The standard InChI is InChI=1S/C22H23N3O3/c23-22(26)18-8-11-21(25-16-18)28-20-9-6-17(7-10-20)12-13-24-14-15-27-19-4-2-1-3-5-19/h1-11,16,24H,12-15H2,(H2,23,26). The normalized spacial score (nSPS) is 10.4. The van der Waals surface area contributed by atoms with Gasteiger partial charge in [0.25, 0.3) is 0 Å². The van der Waals surface area contributed by atoms with Crippen molar-refractivity contribution in [2.45, 2.75) is 6.42 Å². The molecule has 3 rings (SSSR count). The summed E-state index contributed by atoms with van der Waals surface area (Å²) in [6.45, 7) is 2.30. The quantitative estimate of drug-likeness (QED) is 0.530. The summed E-state index contributed by atoms with van der Waals surface area (Å²) in [5, 5.41) is 3.37. The van der Waals surface area contributed by atoms with E-state index in [1.807, 2.05) is 54.6 Å². The number of primary amides is 1. The minimum atomic E-state index is -0.511. The van der Waals surface area contributed by atoms with E-state index in [1.54, 1.807) is 12.1 Å². The first-order valence-electron chi connectivity index (χ1n) is 9.12. The highest BCUT2D eigenvalue weighted by atomic mass is 16.5. The average Bonchev–Trinajstić information content (AvgIpc) is 2.73. The molecule has 2 aromatic carbocycles. The van der Waals surface area contributed by atoms with E-state index < -0.39 is 5.91 Å². The van der Waals surface area contributed by atoms with E-state index in [-0.39, 0.29) is 0 Å². The van der Waals surface area contributed by atoms with Crippen LogP contribution in [0.2, 0.25) is 0 Å². The van der Waals surface area contributed by atoms with Gasteiger partial charge in [0.05, 0.1) is 5.56 Å². The van der Waals surface area contributed by atoms with Gasteiger partial charge >= 0.3 is 0 Å². The Bertz CT molecular complexity index is 866. The number of carbonyl (C=O) groups excluding carboxylic acids is 1. The molecule has 0 bridgehead atoms. The summed E-state index contributed by atoms with van der Waals surface area (Å²) in [5.41, 5.74) is 6.76. The number of hydrogen-bond acceptors (Lipinski definition) is 5. The van der Waals surface area contributed by atoms with Crippen LogP contribution < -0.4 is 20.5 Å². The van der Waals surface area contributed by atoms with E-state index in [2.05, 4.69) is 10.3 Å². The molecular formula is C22H23N3O3. The summed E-state index contributed by atoms with van der Waals surface area (Å²) in [5.74, 6) is 1.48. The third kappa shape index (κ3) is 6.10. The Kier molecular flexibility index (Phi) is 6.98. The fourth-order valence-corrected chi connectivity index (χ4v) is 2.55. The molecule has 1 heterocycles. The van der Waals surface area contributed by atoms with Gasteiger partial charge < -0.3 is 20.5 Å². The van der Waals surface area contributed by atoms with Crippen LogP contribution in [0, 0.1) is 0 Å². The molecule has 6 nitrogen and oxygen atoms in total. The van der Waals surface area contributed by atoms with Crippen LogP contribution in [0.3, 0.4) is 0 Å². The largest absolute Gasteiger partial charge is 0.492 e. The molecule has 0 fully saturated rings. The van der Waals surface area contributed by atoms with Crippen LogP contribution in [0.1, 0.15) is 15.9 Å². The highest BCUT2D eigenvalue weighted by molar-refractivity contribution is 5.92. The van der Waals surface area contributed by atoms with Gasteiger partial charge in [-0.25, -0.2) is 4.98 Å². The summed E-state index contributed by atoms with van der Waals surface area (Å²) in [6.07, 6.45) is 2.32. The topological polar surface area (TPSA) is 86.5 Å². The maximum Gasteiger partial charge on any atom is 0.250 e. The Labute approximate surface area is 164 Å². The first kappa shape index (κ1) is 19.4. The Morgan fingerprint density at radius 3 is 2.39 bits per heavy atom. The number of nitrogens with zero attached hydrogens (tertiary/aromatic N) is 1. The van der Waals surface area contributed by atoms with Crippen LogP contribution in [-0.2, 0) is 6.42 Å². The van der Waals surface area contributed by atoms with Crippen LogP contribution >= 0.6 is 0 Å². The van der Waals surface area contributed by atoms with Crippen molar-refractivity contribution in [2.75, 3.05) is 19.7 Å². The van der Waals surface area contributed by atoms with Crippen LogP contribution in [0.25, 0.3) is 0 Å².